The van der Waals surface area contributed by atoms with E-state index in [2.05, 4.69) is 37.4 Å². The molecule has 2 rings (SSSR count). The van der Waals surface area contributed by atoms with Crippen LogP contribution in [0.25, 0.3) is 0 Å². The van der Waals surface area contributed by atoms with E-state index in [0.717, 1.165) is 5.02 Å². The van der Waals surface area contributed by atoms with Crippen molar-refractivity contribution in [2.45, 2.75) is 41.0 Å². The molecule has 0 spiro atoms. The molecule has 0 nitrogen and oxygen atoms in total. The second-order valence-electron chi connectivity index (χ2n) is 3.81. The minimum atomic E-state index is 0. The second-order valence-corrected chi connectivity index (χ2v) is 5.13. The first-order valence-corrected chi connectivity index (χ1v) is 7.05. The molecule has 0 heterocycles. The van der Waals surface area contributed by atoms with Crippen LogP contribution in [0.1, 0.15) is 33.4 Å². The average molecular weight is 371 g/mol. The van der Waals surface area contributed by atoms with Crippen LogP contribution in [0.5, 0.6) is 0 Å². The van der Waals surface area contributed by atoms with E-state index in [-0.39, 0.29) is 64.2 Å². The van der Waals surface area contributed by atoms with E-state index >= 15 is 0 Å². The summed E-state index contributed by atoms with van der Waals surface area (Å²) in [7, 11) is 0. The molecule has 22 heavy (non-hydrogen) atoms. The largest absolute Gasteiger partial charge is 1.00 e. The number of halogens is 2. The molecule has 0 saturated carbocycles. The minimum absolute atomic E-state index is 0. The first kappa shape index (κ1) is 33.9. The number of hydrogen-bond acceptors (Lipinski definition) is 1. The van der Waals surface area contributed by atoms with Crippen molar-refractivity contribution in [2.24, 2.45) is 0 Å². The predicted octanol–water partition coefficient (Wildman–Crippen LogP) is 1.28. The SMILES string of the molecule is C.C.C.CSc1ccc(C)cc1.Cc1ccc(Cl)cc1.[Cl-].[Na+]. The summed E-state index contributed by atoms with van der Waals surface area (Å²) in [6, 6.07) is 16.3. The number of hydrogen-bond donors (Lipinski definition) is 0. The summed E-state index contributed by atoms with van der Waals surface area (Å²) in [6.07, 6.45) is 2.09. The molecule has 0 atom stereocenters. The zero-order valence-corrected chi connectivity index (χ0v) is 16.1. The maximum absolute atomic E-state index is 5.61. The van der Waals surface area contributed by atoms with Crippen molar-refractivity contribution in [1.82, 2.24) is 0 Å². The Bertz CT molecular complexity index is 421. The Morgan fingerprint density at radius 2 is 1.05 bits per heavy atom. The van der Waals surface area contributed by atoms with Crippen LogP contribution in [0, 0.1) is 13.8 Å². The summed E-state index contributed by atoms with van der Waals surface area (Å²) in [5.74, 6) is 0. The molecule has 2 aromatic rings. The van der Waals surface area contributed by atoms with Crippen molar-refractivity contribution in [3.63, 3.8) is 0 Å². The van der Waals surface area contributed by atoms with E-state index in [4.69, 9.17) is 11.6 Å². The molecule has 0 N–H and O–H groups in total. The summed E-state index contributed by atoms with van der Waals surface area (Å²) >= 11 is 7.39. The molecule has 0 aromatic heterocycles. The Morgan fingerprint density at radius 1 is 0.727 bits per heavy atom. The van der Waals surface area contributed by atoms with Crippen molar-refractivity contribution in [3.05, 3.63) is 64.7 Å². The molecule has 0 fully saturated rings. The average Bonchev–Trinajstić information content (AvgIpc) is 2.35. The molecule has 0 bridgehead atoms. The Balaban J connectivity index is -0.0000000716. The van der Waals surface area contributed by atoms with Crippen molar-refractivity contribution in [2.75, 3.05) is 6.26 Å². The van der Waals surface area contributed by atoms with Crippen LogP contribution in [0.15, 0.2) is 53.4 Å². The van der Waals surface area contributed by atoms with Gasteiger partial charge in [0.1, 0.15) is 0 Å². The Hall–Kier alpha value is 0.370. The normalized spacial score (nSPS) is 7.27. The Kier molecular flexibility index (Phi) is 29.9. The summed E-state index contributed by atoms with van der Waals surface area (Å²) in [5, 5.41) is 0.801. The van der Waals surface area contributed by atoms with Gasteiger partial charge in [0.05, 0.1) is 0 Å². The van der Waals surface area contributed by atoms with Crippen LogP contribution in [-0.2, 0) is 0 Å². The molecule has 0 unspecified atom stereocenters. The van der Waals surface area contributed by atoms with Crippen molar-refractivity contribution in [1.29, 1.82) is 0 Å². The van der Waals surface area contributed by atoms with Crippen molar-refractivity contribution < 1.29 is 42.0 Å². The van der Waals surface area contributed by atoms with E-state index in [1.54, 1.807) is 11.8 Å². The van der Waals surface area contributed by atoms with Crippen LogP contribution in [-0.4, -0.2) is 6.26 Å². The van der Waals surface area contributed by atoms with Crippen LogP contribution in [0.3, 0.4) is 0 Å². The summed E-state index contributed by atoms with van der Waals surface area (Å²) in [5.41, 5.74) is 2.57. The van der Waals surface area contributed by atoms with Crippen LogP contribution in [0.2, 0.25) is 5.02 Å². The molecular formula is C18H29Cl2NaS. The van der Waals surface area contributed by atoms with E-state index in [1.165, 1.54) is 16.0 Å². The summed E-state index contributed by atoms with van der Waals surface area (Å²) < 4.78 is 0. The number of benzene rings is 2. The third kappa shape index (κ3) is 15.3. The van der Waals surface area contributed by atoms with Gasteiger partial charge in [-0.25, -0.2) is 0 Å². The van der Waals surface area contributed by atoms with Gasteiger partial charge in [-0.2, -0.15) is 0 Å². The van der Waals surface area contributed by atoms with Crippen LogP contribution >= 0.6 is 23.4 Å². The third-order valence-electron chi connectivity index (χ3n) is 2.27. The van der Waals surface area contributed by atoms with Gasteiger partial charge in [-0.3, -0.25) is 0 Å². The fourth-order valence-electron chi connectivity index (χ4n) is 1.21. The summed E-state index contributed by atoms with van der Waals surface area (Å²) in [6.45, 7) is 4.14. The molecule has 122 valence electrons. The maximum atomic E-state index is 5.61. The first-order chi connectivity index (χ1) is 8.11. The first-order valence-electron chi connectivity index (χ1n) is 5.44. The number of aryl methyl sites for hydroxylation is 2. The zero-order valence-electron chi connectivity index (χ0n) is 11.8. The van der Waals surface area contributed by atoms with E-state index in [9.17, 15) is 0 Å². The van der Waals surface area contributed by atoms with Gasteiger partial charge in [-0.1, -0.05) is 69.3 Å². The zero-order chi connectivity index (χ0) is 12.7. The molecule has 0 aliphatic carbocycles. The smallest absolute Gasteiger partial charge is 1.00 e. The minimum Gasteiger partial charge on any atom is -1.00 e. The monoisotopic (exact) mass is 370 g/mol. The van der Waals surface area contributed by atoms with E-state index in [0.29, 0.717) is 0 Å². The van der Waals surface area contributed by atoms with Gasteiger partial charge in [-0.05, 0) is 44.4 Å². The molecule has 2 aromatic carbocycles. The molecular weight excluding hydrogens is 342 g/mol. The topological polar surface area (TPSA) is 0 Å². The van der Waals surface area contributed by atoms with Gasteiger partial charge in [0.25, 0.3) is 0 Å². The quantitative estimate of drug-likeness (QED) is 0.538. The predicted molar refractivity (Wildman–Crippen MR) is 99.3 cm³/mol. The molecule has 0 saturated heterocycles. The Morgan fingerprint density at radius 3 is 1.32 bits per heavy atom. The standard InChI is InChI=1S/C8H10S.C7H7Cl.3CH4.ClH.Na/c1-7-3-5-8(9-2)6-4-7;1-6-2-4-7(8)5-3-6;;;;;/h3-6H,1-2H3;2-5H,1H3;3*1H4;1H;/q;;;;;;+1/p-1. The third-order valence-corrected chi connectivity index (χ3v) is 3.26. The van der Waals surface area contributed by atoms with Gasteiger partial charge in [0.15, 0.2) is 0 Å². The fourth-order valence-corrected chi connectivity index (χ4v) is 1.74. The molecule has 0 amide bonds. The number of rotatable bonds is 1. The Labute approximate surface area is 176 Å². The van der Waals surface area contributed by atoms with Gasteiger partial charge in [0, 0.05) is 9.92 Å². The molecule has 0 radical (unpaired) electrons. The molecule has 4 heteroatoms. The maximum Gasteiger partial charge on any atom is 1.00 e. The van der Waals surface area contributed by atoms with E-state index < -0.39 is 0 Å². The van der Waals surface area contributed by atoms with Crippen LogP contribution in [0.4, 0.5) is 0 Å². The van der Waals surface area contributed by atoms with Gasteiger partial charge >= 0.3 is 29.6 Å². The second kappa shape index (κ2) is 19.4. The van der Waals surface area contributed by atoms with Crippen LogP contribution < -0.4 is 42.0 Å². The summed E-state index contributed by atoms with van der Waals surface area (Å²) in [4.78, 5) is 1.33. The molecule has 0 aliphatic rings. The number of thioether (sulfide) groups is 1. The fraction of sp³-hybridized carbons (Fsp3) is 0.333. The van der Waals surface area contributed by atoms with Crippen molar-refractivity contribution in [3.8, 4) is 0 Å². The van der Waals surface area contributed by atoms with Gasteiger partial charge in [-0.15, -0.1) is 11.8 Å². The van der Waals surface area contributed by atoms with Gasteiger partial charge < -0.3 is 12.4 Å². The van der Waals surface area contributed by atoms with Gasteiger partial charge in [0.2, 0.25) is 0 Å². The molecule has 0 aliphatic heterocycles. The van der Waals surface area contributed by atoms with E-state index in [1.807, 2.05) is 31.2 Å². The van der Waals surface area contributed by atoms with Crippen molar-refractivity contribution >= 4 is 23.4 Å².